The molecule has 1 N–H and O–H groups in total. The van der Waals surface area contributed by atoms with Crippen LogP contribution in [0.15, 0.2) is 0 Å². The van der Waals surface area contributed by atoms with E-state index < -0.39 is 0 Å². The van der Waals surface area contributed by atoms with Gasteiger partial charge in [0.15, 0.2) is 0 Å². The zero-order valence-electron chi connectivity index (χ0n) is 9.37. The van der Waals surface area contributed by atoms with Gasteiger partial charge >= 0.3 is 0 Å². The van der Waals surface area contributed by atoms with E-state index in [1.54, 1.807) is 0 Å². The van der Waals surface area contributed by atoms with Crippen LogP contribution in [0.5, 0.6) is 0 Å². The number of rotatable bonds is 2. The van der Waals surface area contributed by atoms with Crippen LogP contribution in [0.3, 0.4) is 0 Å². The summed E-state index contributed by atoms with van der Waals surface area (Å²) in [6, 6.07) is 0.388. The van der Waals surface area contributed by atoms with E-state index in [2.05, 4.69) is 5.32 Å². The zero-order chi connectivity index (χ0) is 10.7. The Kier molecular flexibility index (Phi) is 3.59. The van der Waals surface area contributed by atoms with Crippen molar-refractivity contribution in [3.05, 3.63) is 0 Å². The number of nitrogens with one attached hydrogen (secondary N) is 1. The van der Waals surface area contributed by atoms with Gasteiger partial charge in [-0.15, -0.1) is 0 Å². The first-order valence-electron chi connectivity index (χ1n) is 5.84. The molecule has 4 heteroatoms. The maximum Gasteiger partial charge on any atom is 0.228 e. The fourth-order valence-corrected chi connectivity index (χ4v) is 2.37. The number of likely N-dealkylation sites (N-methyl/N-ethyl adjacent to an activating group) is 1. The van der Waals surface area contributed by atoms with E-state index in [-0.39, 0.29) is 11.8 Å². The Hall–Kier alpha value is -0.610. The number of carbonyl (C=O) groups is 1. The van der Waals surface area contributed by atoms with Gasteiger partial charge < -0.3 is 15.0 Å². The highest BCUT2D eigenvalue weighted by molar-refractivity contribution is 5.79. The van der Waals surface area contributed by atoms with Crippen molar-refractivity contribution in [2.24, 2.45) is 5.92 Å². The van der Waals surface area contributed by atoms with Crippen molar-refractivity contribution in [3.63, 3.8) is 0 Å². The molecule has 1 unspecified atom stereocenters. The maximum absolute atomic E-state index is 12.1. The van der Waals surface area contributed by atoms with Crippen LogP contribution in [0.2, 0.25) is 0 Å². The predicted molar refractivity (Wildman–Crippen MR) is 57.6 cm³/mol. The van der Waals surface area contributed by atoms with Gasteiger partial charge in [-0.3, -0.25) is 4.79 Å². The SMILES string of the molecule is CN(C(=O)C1CCCOC1)[C@H]1CCNC1. The Morgan fingerprint density at radius 2 is 2.33 bits per heavy atom. The molecular weight excluding hydrogens is 192 g/mol. The minimum absolute atomic E-state index is 0.101. The summed E-state index contributed by atoms with van der Waals surface area (Å²) in [5, 5.41) is 3.29. The highest BCUT2D eigenvalue weighted by atomic mass is 16.5. The van der Waals surface area contributed by atoms with Gasteiger partial charge in [-0.2, -0.15) is 0 Å². The van der Waals surface area contributed by atoms with Crippen LogP contribution in [0.1, 0.15) is 19.3 Å². The Balaban J connectivity index is 1.87. The molecule has 2 heterocycles. The van der Waals surface area contributed by atoms with Crippen LogP contribution >= 0.6 is 0 Å². The van der Waals surface area contributed by atoms with Gasteiger partial charge in [0.05, 0.1) is 12.5 Å². The molecule has 0 bridgehead atoms. The molecule has 86 valence electrons. The number of carbonyl (C=O) groups excluding carboxylic acids is 1. The molecule has 2 aliphatic heterocycles. The lowest BCUT2D eigenvalue weighted by Gasteiger charge is -2.30. The van der Waals surface area contributed by atoms with Gasteiger partial charge in [-0.05, 0) is 25.8 Å². The molecule has 0 aromatic carbocycles. The summed E-state index contributed by atoms with van der Waals surface area (Å²) in [4.78, 5) is 14.0. The van der Waals surface area contributed by atoms with Crippen LogP contribution in [0, 0.1) is 5.92 Å². The second-order valence-electron chi connectivity index (χ2n) is 4.51. The average Bonchev–Trinajstić information content (AvgIpc) is 2.82. The molecule has 2 aliphatic rings. The molecule has 0 saturated carbocycles. The molecule has 0 aromatic rings. The van der Waals surface area contributed by atoms with Gasteiger partial charge in [-0.1, -0.05) is 0 Å². The fourth-order valence-electron chi connectivity index (χ4n) is 2.37. The van der Waals surface area contributed by atoms with Crippen molar-refractivity contribution in [3.8, 4) is 0 Å². The van der Waals surface area contributed by atoms with Crippen LogP contribution in [0.25, 0.3) is 0 Å². The molecule has 15 heavy (non-hydrogen) atoms. The van der Waals surface area contributed by atoms with E-state index in [0.29, 0.717) is 12.6 Å². The number of hydrogen-bond donors (Lipinski definition) is 1. The monoisotopic (exact) mass is 212 g/mol. The minimum atomic E-state index is 0.101. The molecular formula is C11H20N2O2. The van der Waals surface area contributed by atoms with Crippen molar-refractivity contribution < 1.29 is 9.53 Å². The Labute approximate surface area is 91.0 Å². The highest BCUT2D eigenvalue weighted by Crippen LogP contribution is 2.18. The van der Waals surface area contributed by atoms with E-state index >= 15 is 0 Å². The summed E-state index contributed by atoms with van der Waals surface area (Å²) in [6.07, 6.45) is 3.09. The van der Waals surface area contributed by atoms with Crippen LogP contribution < -0.4 is 5.32 Å². The Morgan fingerprint density at radius 3 is 2.93 bits per heavy atom. The number of amides is 1. The molecule has 1 amide bonds. The summed E-state index contributed by atoms with van der Waals surface area (Å²) in [5.41, 5.74) is 0. The van der Waals surface area contributed by atoms with E-state index in [1.165, 1.54) is 0 Å². The van der Waals surface area contributed by atoms with Crippen molar-refractivity contribution >= 4 is 5.91 Å². The van der Waals surface area contributed by atoms with E-state index in [1.807, 2.05) is 11.9 Å². The standard InChI is InChI=1S/C11H20N2O2/c1-13(10-4-5-12-7-10)11(14)9-3-2-6-15-8-9/h9-10,12H,2-8H2,1H3/t9?,10-/m0/s1. The van der Waals surface area contributed by atoms with Crippen molar-refractivity contribution in [1.82, 2.24) is 10.2 Å². The minimum Gasteiger partial charge on any atom is -0.381 e. The quantitative estimate of drug-likeness (QED) is 0.712. The first-order valence-corrected chi connectivity index (χ1v) is 5.84. The Bertz CT molecular complexity index is 221. The lowest BCUT2D eigenvalue weighted by Crippen LogP contribution is -2.43. The highest BCUT2D eigenvalue weighted by Gasteiger charge is 2.29. The Morgan fingerprint density at radius 1 is 1.47 bits per heavy atom. The molecule has 0 aromatic heterocycles. The van der Waals surface area contributed by atoms with Crippen LogP contribution in [-0.2, 0) is 9.53 Å². The molecule has 2 rings (SSSR count). The normalized spacial score (nSPS) is 31.5. The van der Waals surface area contributed by atoms with Crippen molar-refractivity contribution in [2.45, 2.75) is 25.3 Å². The largest absolute Gasteiger partial charge is 0.381 e. The average molecular weight is 212 g/mol. The topological polar surface area (TPSA) is 41.6 Å². The molecule has 0 radical (unpaired) electrons. The van der Waals surface area contributed by atoms with Crippen LogP contribution in [-0.4, -0.2) is 50.2 Å². The van der Waals surface area contributed by atoms with Crippen molar-refractivity contribution in [2.75, 3.05) is 33.4 Å². The van der Waals surface area contributed by atoms with Crippen LogP contribution in [0.4, 0.5) is 0 Å². The van der Waals surface area contributed by atoms with Gasteiger partial charge in [0.2, 0.25) is 5.91 Å². The molecule has 2 fully saturated rings. The number of hydrogen-bond acceptors (Lipinski definition) is 3. The fraction of sp³-hybridized carbons (Fsp3) is 0.909. The second-order valence-corrected chi connectivity index (χ2v) is 4.51. The smallest absolute Gasteiger partial charge is 0.228 e. The van der Waals surface area contributed by atoms with E-state index in [4.69, 9.17) is 4.74 Å². The summed E-state index contributed by atoms with van der Waals surface area (Å²) in [6.45, 7) is 3.40. The van der Waals surface area contributed by atoms with Gasteiger partial charge in [0.25, 0.3) is 0 Å². The number of nitrogens with zero attached hydrogens (tertiary/aromatic N) is 1. The lowest BCUT2D eigenvalue weighted by molar-refractivity contribution is -0.140. The van der Waals surface area contributed by atoms with E-state index in [9.17, 15) is 4.79 Å². The lowest BCUT2D eigenvalue weighted by atomic mass is 10.00. The third-order valence-electron chi connectivity index (χ3n) is 3.44. The summed E-state index contributed by atoms with van der Waals surface area (Å²) in [5.74, 6) is 0.368. The maximum atomic E-state index is 12.1. The predicted octanol–water partition coefficient (Wildman–Crippen LogP) is 0.233. The van der Waals surface area contributed by atoms with Gasteiger partial charge in [0, 0.05) is 26.2 Å². The molecule has 2 atom stereocenters. The van der Waals surface area contributed by atoms with Gasteiger partial charge in [0.1, 0.15) is 0 Å². The van der Waals surface area contributed by atoms with Gasteiger partial charge in [-0.25, -0.2) is 0 Å². The first kappa shape index (κ1) is 10.9. The molecule has 4 nitrogen and oxygen atoms in total. The van der Waals surface area contributed by atoms with Crippen molar-refractivity contribution in [1.29, 1.82) is 0 Å². The third kappa shape index (κ3) is 2.49. The number of ether oxygens (including phenoxy) is 1. The second kappa shape index (κ2) is 4.94. The molecule has 2 saturated heterocycles. The molecule has 0 spiro atoms. The molecule has 0 aliphatic carbocycles. The first-order chi connectivity index (χ1) is 7.29. The third-order valence-corrected chi connectivity index (χ3v) is 3.44. The van der Waals surface area contributed by atoms with E-state index in [0.717, 1.165) is 39.0 Å². The zero-order valence-corrected chi connectivity index (χ0v) is 9.37. The summed E-state index contributed by atoms with van der Waals surface area (Å²) in [7, 11) is 1.93. The summed E-state index contributed by atoms with van der Waals surface area (Å²) < 4.78 is 5.35. The summed E-state index contributed by atoms with van der Waals surface area (Å²) >= 11 is 0.